The van der Waals surface area contributed by atoms with Crippen molar-refractivity contribution in [2.24, 2.45) is 11.7 Å². The highest BCUT2D eigenvalue weighted by Crippen LogP contribution is 2.28. The van der Waals surface area contributed by atoms with Crippen LogP contribution in [0.25, 0.3) is 0 Å². The van der Waals surface area contributed by atoms with Crippen LogP contribution in [0.15, 0.2) is 0 Å². The molecule has 0 aliphatic heterocycles. The molecule has 6 nitrogen and oxygen atoms in total. The van der Waals surface area contributed by atoms with Crippen molar-refractivity contribution in [3.63, 3.8) is 0 Å². The second-order valence-corrected chi connectivity index (χ2v) is 5.51. The minimum atomic E-state index is -0.847. The lowest BCUT2D eigenvalue weighted by Gasteiger charge is -2.40. The molecule has 1 amide bonds. The Bertz CT molecular complexity index is 344. The normalized spacial score (nSPS) is 30.2. The van der Waals surface area contributed by atoms with Gasteiger partial charge in [-0.1, -0.05) is 13.8 Å². The van der Waals surface area contributed by atoms with Crippen LogP contribution in [0.3, 0.4) is 0 Å². The molecule has 0 spiro atoms. The number of carbonyl (C=O) groups is 2. The SMILES string of the molecule is CCC(CC)OC1CC(C(=O)O)CC(N)C1NC(C)=O. The predicted octanol–water partition coefficient (Wildman–Crippen LogP) is 0.887. The van der Waals surface area contributed by atoms with Gasteiger partial charge in [-0.3, -0.25) is 9.59 Å². The second kappa shape index (κ2) is 7.59. The third-order valence-corrected chi connectivity index (χ3v) is 3.93. The Kier molecular flexibility index (Phi) is 6.42. The zero-order chi connectivity index (χ0) is 15.3. The summed E-state index contributed by atoms with van der Waals surface area (Å²) < 4.78 is 6.00. The van der Waals surface area contributed by atoms with Crippen molar-refractivity contribution in [1.82, 2.24) is 5.32 Å². The van der Waals surface area contributed by atoms with Gasteiger partial charge in [0.1, 0.15) is 0 Å². The number of carboxylic acid groups (broad SMARTS) is 1. The van der Waals surface area contributed by atoms with Crippen LogP contribution in [-0.2, 0) is 14.3 Å². The first-order chi connectivity index (χ1) is 9.38. The molecule has 0 bridgehead atoms. The summed E-state index contributed by atoms with van der Waals surface area (Å²) in [5.41, 5.74) is 6.05. The topological polar surface area (TPSA) is 102 Å². The number of rotatable bonds is 6. The Hall–Kier alpha value is -1.14. The van der Waals surface area contributed by atoms with Gasteiger partial charge in [-0.2, -0.15) is 0 Å². The number of carbonyl (C=O) groups excluding carboxylic acids is 1. The van der Waals surface area contributed by atoms with Crippen LogP contribution in [0.2, 0.25) is 0 Å². The zero-order valence-electron chi connectivity index (χ0n) is 12.5. The van der Waals surface area contributed by atoms with Gasteiger partial charge in [0, 0.05) is 13.0 Å². The van der Waals surface area contributed by atoms with E-state index in [1.807, 2.05) is 13.8 Å². The smallest absolute Gasteiger partial charge is 0.306 e. The molecule has 0 aromatic carbocycles. The Morgan fingerprint density at radius 1 is 1.35 bits per heavy atom. The number of ether oxygens (including phenoxy) is 1. The van der Waals surface area contributed by atoms with Crippen molar-refractivity contribution in [2.45, 2.75) is 70.7 Å². The number of hydrogen-bond acceptors (Lipinski definition) is 4. The fourth-order valence-corrected chi connectivity index (χ4v) is 2.78. The minimum Gasteiger partial charge on any atom is -0.481 e. The van der Waals surface area contributed by atoms with E-state index in [1.54, 1.807) is 0 Å². The fraction of sp³-hybridized carbons (Fsp3) is 0.857. The van der Waals surface area contributed by atoms with E-state index in [1.165, 1.54) is 6.92 Å². The second-order valence-electron chi connectivity index (χ2n) is 5.51. The number of carboxylic acids is 1. The van der Waals surface area contributed by atoms with Gasteiger partial charge >= 0.3 is 5.97 Å². The van der Waals surface area contributed by atoms with E-state index < -0.39 is 17.9 Å². The van der Waals surface area contributed by atoms with Crippen LogP contribution in [-0.4, -0.2) is 41.3 Å². The molecule has 4 atom stereocenters. The Balaban J connectivity index is 2.83. The molecule has 0 aromatic rings. The molecule has 1 saturated carbocycles. The maximum absolute atomic E-state index is 11.3. The van der Waals surface area contributed by atoms with Crippen LogP contribution >= 0.6 is 0 Å². The van der Waals surface area contributed by atoms with Gasteiger partial charge in [-0.15, -0.1) is 0 Å². The van der Waals surface area contributed by atoms with E-state index in [4.69, 9.17) is 10.5 Å². The first-order valence-corrected chi connectivity index (χ1v) is 7.29. The standard InChI is InChI=1S/C14H26N2O4/c1-4-10(5-2)20-12-7-9(14(18)19)6-11(15)13(12)16-8(3)17/h9-13H,4-7,15H2,1-3H3,(H,16,17)(H,18,19). The first-order valence-electron chi connectivity index (χ1n) is 7.29. The molecule has 1 aliphatic carbocycles. The van der Waals surface area contributed by atoms with Crippen LogP contribution in [0, 0.1) is 5.92 Å². The number of hydrogen-bond donors (Lipinski definition) is 3. The molecule has 116 valence electrons. The highest BCUT2D eigenvalue weighted by atomic mass is 16.5. The van der Waals surface area contributed by atoms with Gasteiger partial charge < -0.3 is 20.9 Å². The van der Waals surface area contributed by atoms with Crippen molar-refractivity contribution < 1.29 is 19.4 Å². The van der Waals surface area contributed by atoms with E-state index in [-0.39, 0.29) is 24.2 Å². The Labute approximate surface area is 120 Å². The fourth-order valence-electron chi connectivity index (χ4n) is 2.78. The molecule has 0 aromatic heterocycles. The maximum atomic E-state index is 11.3. The molecular weight excluding hydrogens is 260 g/mol. The van der Waals surface area contributed by atoms with Crippen LogP contribution in [0.4, 0.5) is 0 Å². The zero-order valence-corrected chi connectivity index (χ0v) is 12.5. The van der Waals surface area contributed by atoms with Gasteiger partial charge in [0.25, 0.3) is 0 Å². The van der Waals surface area contributed by atoms with Crippen molar-refractivity contribution in [1.29, 1.82) is 0 Å². The van der Waals surface area contributed by atoms with E-state index >= 15 is 0 Å². The minimum absolute atomic E-state index is 0.0657. The quantitative estimate of drug-likeness (QED) is 0.673. The molecular formula is C14H26N2O4. The molecule has 4 unspecified atom stereocenters. The Morgan fingerprint density at radius 3 is 2.40 bits per heavy atom. The highest BCUT2D eigenvalue weighted by molar-refractivity contribution is 5.74. The van der Waals surface area contributed by atoms with Crippen molar-refractivity contribution in [3.8, 4) is 0 Å². The van der Waals surface area contributed by atoms with E-state index in [9.17, 15) is 14.7 Å². The number of nitrogens with two attached hydrogens (primary N) is 1. The third-order valence-electron chi connectivity index (χ3n) is 3.93. The lowest BCUT2D eigenvalue weighted by molar-refractivity contribution is -0.147. The van der Waals surface area contributed by atoms with Gasteiger partial charge in [0.15, 0.2) is 0 Å². The summed E-state index contributed by atoms with van der Waals surface area (Å²) in [4.78, 5) is 22.5. The van der Waals surface area contributed by atoms with E-state index in [0.29, 0.717) is 12.8 Å². The molecule has 1 aliphatic rings. The third kappa shape index (κ3) is 4.45. The first kappa shape index (κ1) is 16.9. The molecule has 1 fully saturated rings. The molecule has 20 heavy (non-hydrogen) atoms. The van der Waals surface area contributed by atoms with E-state index in [0.717, 1.165) is 12.8 Å². The molecule has 0 saturated heterocycles. The lowest BCUT2D eigenvalue weighted by Crippen LogP contribution is -2.59. The summed E-state index contributed by atoms with van der Waals surface area (Å²) in [6, 6.07) is -0.711. The van der Waals surface area contributed by atoms with Crippen molar-refractivity contribution >= 4 is 11.9 Å². The van der Waals surface area contributed by atoms with Gasteiger partial charge in [-0.05, 0) is 25.7 Å². The maximum Gasteiger partial charge on any atom is 0.306 e. The summed E-state index contributed by atoms with van der Waals surface area (Å²) >= 11 is 0. The largest absolute Gasteiger partial charge is 0.481 e. The van der Waals surface area contributed by atoms with E-state index in [2.05, 4.69) is 5.32 Å². The summed E-state index contributed by atoms with van der Waals surface area (Å²) in [5.74, 6) is -1.52. The molecule has 1 rings (SSSR count). The van der Waals surface area contributed by atoms with Gasteiger partial charge in [0.2, 0.25) is 5.91 Å². The molecule has 0 heterocycles. The average Bonchev–Trinajstić information content (AvgIpc) is 2.38. The van der Waals surface area contributed by atoms with Gasteiger partial charge in [0.05, 0.1) is 24.2 Å². The molecule has 6 heteroatoms. The van der Waals surface area contributed by atoms with Crippen LogP contribution in [0.5, 0.6) is 0 Å². The summed E-state index contributed by atoms with van der Waals surface area (Å²) in [7, 11) is 0. The monoisotopic (exact) mass is 286 g/mol. The summed E-state index contributed by atoms with van der Waals surface area (Å²) in [6.07, 6.45) is 2.19. The lowest BCUT2D eigenvalue weighted by atomic mass is 9.80. The number of amides is 1. The summed E-state index contributed by atoms with van der Waals surface area (Å²) in [5, 5.41) is 12.0. The number of aliphatic carboxylic acids is 1. The average molecular weight is 286 g/mol. The van der Waals surface area contributed by atoms with Crippen LogP contribution in [0.1, 0.15) is 46.5 Å². The van der Waals surface area contributed by atoms with Crippen molar-refractivity contribution in [2.75, 3.05) is 0 Å². The van der Waals surface area contributed by atoms with Gasteiger partial charge in [-0.25, -0.2) is 0 Å². The molecule has 0 radical (unpaired) electrons. The van der Waals surface area contributed by atoms with Crippen molar-refractivity contribution in [3.05, 3.63) is 0 Å². The predicted molar refractivity (Wildman–Crippen MR) is 75.2 cm³/mol. The summed E-state index contributed by atoms with van der Waals surface area (Å²) in [6.45, 7) is 5.49. The molecule has 4 N–H and O–H groups in total. The van der Waals surface area contributed by atoms with Crippen LogP contribution < -0.4 is 11.1 Å². The number of nitrogens with one attached hydrogen (secondary N) is 1. The Morgan fingerprint density at radius 2 is 1.95 bits per heavy atom. The highest BCUT2D eigenvalue weighted by Gasteiger charge is 2.40.